The van der Waals surface area contributed by atoms with Crippen molar-refractivity contribution in [2.24, 2.45) is 10.9 Å². The second kappa shape index (κ2) is 10.0. The predicted molar refractivity (Wildman–Crippen MR) is 114 cm³/mol. The van der Waals surface area contributed by atoms with E-state index in [1.165, 1.54) is 17.2 Å². The summed E-state index contributed by atoms with van der Waals surface area (Å²) in [6, 6.07) is 15.1. The van der Waals surface area contributed by atoms with Gasteiger partial charge in [0.15, 0.2) is 5.96 Å². The van der Waals surface area contributed by atoms with E-state index in [1.807, 2.05) is 6.07 Å². The third-order valence-electron chi connectivity index (χ3n) is 5.19. The minimum Gasteiger partial charge on any atom is -0.373 e. The fourth-order valence-corrected chi connectivity index (χ4v) is 3.59. The number of benzene rings is 2. The van der Waals surface area contributed by atoms with Gasteiger partial charge in [0.05, 0.1) is 11.0 Å². The van der Waals surface area contributed by atoms with Gasteiger partial charge in [0, 0.05) is 44.8 Å². The maximum Gasteiger partial charge on any atom is 0.269 e. The number of hydrogen-bond acceptors (Lipinski definition) is 4. The van der Waals surface area contributed by atoms with Gasteiger partial charge in [-0.3, -0.25) is 15.1 Å². The molecule has 1 aliphatic heterocycles. The maximum absolute atomic E-state index is 10.9. The average molecular weight is 396 g/mol. The summed E-state index contributed by atoms with van der Waals surface area (Å²) in [5, 5.41) is 17.5. The first-order valence-corrected chi connectivity index (χ1v) is 9.93. The summed E-state index contributed by atoms with van der Waals surface area (Å²) in [6.45, 7) is 4.08. The van der Waals surface area contributed by atoms with Gasteiger partial charge in [0.2, 0.25) is 0 Å². The topological polar surface area (TPSA) is 88.8 Å². The van der Waals surface area contributed by atoms with E-state index in [-0.39, 0.29) is 16.7 Å². The van der Waals surface area contributed by atoms with Gasteiger partial charge in [-0.25, -0.2) is 0 Å². The van der Waals surface area contributed by atoms with E-state index in [0.29, 0.717) is 18.4 Å². The van der Waals surface area contributed by atoms with Crippen LogP contribution in [0.2, 0.25) is 0 Å². The van der Waals surface area contributed by atoms with Gasteiger partial charge in [-0.05, 0) is 30.9 Å². The molecule has 1 aliphatic rings. The van der Waals surface area contributed by atoms with Crippen molar-refractivity contribution in [2.45, 2.75) is 32.4 Å². The van der Waals surface area contributed by atoms with Gasteiger partial charge in [0.1, 0.15) is 0 Å². The van der Waals surface area contributed by atoms with E-state index in [1.54, 1.807) is 19.2 Å². The Morgan fingerprint density at radius 3 is 2.76 bits per heavy atom. The lowest BCUT2D eigenvalue weighted by Crippen LogP contribution is -2.41. The van der Waals surface area contributed by atoms with Crippen LogP contribution in [0.3, 0.4) is 0 Å². The van der Waals surface area contributed by atoms with Crippen LogP contribution >= 0.6 is 0 Å². The van der Waals surface area contributed by atoms with Crippen molar-refractivity contribution in [3.63, 3.8) is 0 Å². The highest BCUT2D eigenvalue weighted by Crippen LogP contribution is 2.33. The normalized spacial score (nSPS) is 19.6. The first-order chi connectivity index (χ1) is 14.1. The van der Waals surface area contributed by atoms with E-state index in [2.05, 4.69) is 46.8 Å². The molecule has 0 bridgehead atoms. The standard InChI is InChI=1S/C22H28N4O3/c1-16-8-10-18(11-9-16)21-19(6-4-12-29-21)15-25-22(23-2)24-14-17-5-3-7-20(13-17)26(27)28/h3,5,7-11,13,19,21H,4,6,12,14-15H2,1-2H3,(H2,23,24,25). The summed E-state index contributed by atoms with van der Waals surface area (Å²) in [4.78, 5) is 14.8. The van der Waals surface area contributed by atoms with Crippen molar-refractivity contribution in [3.8, 4) is 0 Å². The van der Waals surface area contributed by atoms with Crippen LogP contribution in [-0.4, -0.2) is 31.1 Å². The molecule has 1 saturated heterocycles. The van der Waals surface area contributed by atoms with Crippen LogP contribution in [0.1, 0.15) is 35.6 Å². The highest BCUT2D eigenvalue weighted by atomic mass is 16.6. The fraction of sp³-hybridized carbons (Fsp3) is 0.409. The second-order valence-electron chi connectivity index (χ2n) is 7.34. The molecule has 29 heavy (non-hydrogen) atoms. The van der Waals surface area contributed by atoms with E-state index < -0.39 is 0 Å². The summed E-state index contributed by atoms with van der Waals surface area (Å²) in [6.07, 6.45) is 2.22. The third kappa shape index (κ3) is 5.77. The van der Waals surface area contributed by atoms with Crippen molar-refractivity contribution in [3.05, 3.63) is 75.3 Å². The number of rotatable bonds is 6. The van der Waals surface area contributed by atoms with Crippen LogP contribution in [-0.2, 0) is 11.3 Å². The van der Waals surface area contributed by atoms with Crippen LogP contribution < -0.4 is 10.6 Å². The van der Waals surface area contributed by atoms with Crippen LogP contribution in [0, 0.1) is 23.0 Å². The molecule has 2 aromatic rings. The monoisotopic (exact) mass is 396 g/mol. The summed E-state index contributed by atoms with van der Waals surface area (Å²) in [5.74, 6) is 1.02. The molecule has 0 amide bonds. The van der Waals surface area contributed by atoms with Crippen molar-refractivity contribution in [2.75, 3.05) is 20.2 Å². The molecule has 7 heteroatoms. The second-order valence-corrected chi connectivity index (χ2v) is 7.34. The number of nitro benzene ring substituents is 1. The Labute approximate surface area is 171 Å². The molecule has 2 N–H and O–H groups in total. The van der Waals surface area contributed by atoms with E-state index >= 15 is 0 Å². The van der Waals surface area contributed by atoms with Gasteiger partial charge in [-0.2, -0.15) is 0 Å². The van der Waals surface area contributed by atoms with Gasteiger partial charge in [-0.1, -0.05) is 42.0 Å². The van der Waals surface area contributed by atoms with Gasteiger partial charge >= 0.3 is 0 Å². The Bertz CT molecular complexity index is 851. The Balaban J connectivity index is 1.57. The number of hydrogen-bond donors (Lipinski definition) is 2. The Morgan fingerprint density at radius 2 is 2.03 bits per heavy atom. The van der Waals surface area contributed by atoms with Crippen molar-refractivity contribution >= 4 is 11.6 Å². The number of non-ortho nitro benzene ring substituents is 1. The fourth-order valence-electron chi connectivity index (χ4n) is 3.59. The molecule has 2 atom stereocenters. The summed E-state index contributed by atoms with van der Waals surface area (Å²) in [5.41, 5.74) is 3.37. The Morgan fingerprint density at radius 1 is 1.24 bits per heavy atom. The number of ether oxygens (including phenoxy) is 1. The lowest BCUT2D eigenvalue weighted by molar-refractivity contribution is -0.384. The zero-order valence-electron chi connectivity index (χ0n) is 16.9. The molecule has 2 aromatic carbocycles. The summed E-state index contributed by atoms with van der Waals surface area (Å²) in [7, 11) is 1.72. The van der Waals surface area contributed by atoms with E-state index in [0.717, 1.165) is 31.6 Å². The molecular weight excluding hydrogens is 368 g/mol. The number of aliphatic imine (C=N–C) groups is 1. The Hall–Kier alpha value is -2.93. The average Bonchev–Trinajstić information content (AvgIpc) is 2.75. The number of guanidine groups is 1. The van der Waals surface area contributed by atoms with Crippen LogP contribution in [0.15, 0.2) is 53.5 Å². The number of nitro groups is 1. The molecule has 1 fully saturated rings. The van der Waals surface area contributed by atoms with Crippen LogP contribution in [0.4, 0.5) is 5.69 Å². The quantitative estimate of drug-likeness (QED) is 0.336. The molecule has 0 saturated carbocycles. The minimum absolute atomic E-state index is 0.0757. The molecular formula is C22H28N4O3. The van der Waals surface area contributed by atoms with E-state index in [4.69, 9.17) is 4.74 Å². The highest BCUT2D eigenvalue weighted by Gasteiger charge is 2.27. The summed E-state index contributed by atoms with van der Waals surface area (Å²) >= 11 is 0. The van der Waals surface area contributed by atoms with E-state index in [9.17, 15) is 10.1 Å². The number of nitrogens with one attached hydrogen (secondary N) is 2. The van der Waals surface area contributed by atoms with Gasteiger partial charge in [0.25, 0.3) is 5.69 Å². The first-order valence-electron chi connectivity index (χ1n) is 9.93. The van der Waals surface area contributed by atoms with Crippen LogP contribution in [0.5, 0.6) is 0 Å². The zero-order valence-corrected chi connectivity index (χ0v) is 16.9. The number of aryl methyl sites for hydroxylation is 1. The molecule has 0 aliphatic carbocycles. The number of nitrogens with zero attached hydrogens (tertiary/aromatic N) is 2. The molecule has 0 aromatic heterocycles. The van der Waals surface area contributed by atoms with Crippen LogP contribution in [0.25, 0.3) is 0 Å². The minimum atomic E-state index is -0.384. The van der Waals surface area contributed by atoms with Gasteiger partial charge < -0.3 is 15.4 Å². The summed E-state index contributed by atoms with van der Waals surface area (Å²) < 4.78 is 6.08. The molecule has 0 spiro atoms. The smallest absolute Gasteiger partial charge is 0.269 e. The predicted octanol–water partition coefficient (Wildman–Crippen LogP) is 3.74. The SMILES string of the molecule is CN=C(NCc1cccc([N+](=O)[O-])c1)NCC1CCCOC1c1ccc(C)cc1. The molecule has 7 nitrogen and oxygen atoms in total. The highest BCUT2D eigenvalue weighted by molar-refractivity contribution is 5.79. The molecule has 154 valence electrons. The first kappa shape index (κ1) is 20.8. The molecule has 3 rings (SSSR count). The van der Waals surface area contributed by atoms with Gasteiger partial charge in [-0.15, -0.1) is 0 Å². The largest absolute Gasteiger partial charge is 0.373 e. The molecule has 0 radical (unpaired) electrons. The lowest BCUT2D eigenvalue weighted by atomic mass is 9.89. The van der Waals surface area contributed by atoms with Crippen molar-refractivity contribution in [1.29, 1.82) is 0 Å². The van der Waals surface area contributed by atoms with Crippen molar-refractivity contribution < 1.29 is 9.66 Å². The van der Waals surface area contributed by atoms with Crippen molar-refractivity contribution in [1.82, 2.24) is 10.6 Å². The zero-order chi connectivity index (χ0) is 20.6. The molecule has 2 unspecified atom stereocenters. The maximum atomic E-state index is 10.9. The third-order valence-corrected chi connectivity index (χ3v) is 5.19. The Kier molecular flexibility index (Phi) is 7.19. The lowest BCUT2D eigenvalue weighted by Gasteiger charge is -2.32. The molecule has 1 heterocycles.